The number of rotatable bonds is 2. The van der Waals surface area contributed by atoms with Gasteiger partial charge < -0.3 is 0 Å². The van der Waals surface area contributed by atoms with E-state index in [-0.39, 0.29) is 10.8 Å². The van der Waals surface area contributed by atoms with E-state index >= 15 is 0 Å². The highest BCUT2D eigenvalue weighted by molar-refractivity contribution is 6.05. The van der Waals surface area contributed by atoms with Crippen LogP contribution >= 0.6 is 0 Å². The molecule has 6 rings (SSSR count). The Labute approximate surface area is 234 Å². The molecule has 0 amide bonds. The molecule has 0 heterocycles. The average molecular weight is 509 g/mol. The van der Waals surface area contributed by atoms with Crippen molar-refractivity contribution >= 4 is 10.8 Å². The van der Waals surface area contributed by atoms with Crippen molar-refractivity contribution in [2.24, 2.45) is 0 Å². The van der Waals surface area contributed by atoms with Gasteiger partial charge in [-0.1, -0.05) is 144 Å². The zero-order valence-electron chi connectivity index (χ0n) is 24.7. The van der Waals surface area contributed by atoms with E-state index in [9.17, 15) is 0 Å². The third kappa shape index (κ3) is 3.88. The van der Waals surface area contributed by atoms with E-state index < -0.39 is 5.41 Å². The van der Waals surface area contributed by atoms with Crippen LogP contribution in [0, 0.1) is 13.8 Å². The molecule has 0 saturated carbocycles. The van der Waals surface area contributed by atoms with E-state index in [0.29, 0.717) is 0 Å². The Bertz CT molecular complexity index is 1640. The van der Waals surface area contributed by atoms with Crippen molar-refractivity contribution in [1.29, 1.82) is 0 Å². The lowest BCUT2D eigenvalue weighted by Crippen LogP contribution is -2.29. The van der Waals surface area contributed by atoms with E-state index in [1.165, 1.54) is 66.4 Å². The predicted molar refractivity (Wildman–Crippen MR) is 168 cm³/mol. The van der Waals surface area contributed by atoms with Crippen molar-refractivity contribution in [3.05, 3.63) is 142 Å². The van der Waals surface area contributed by atoms with Crippen LogP contribution in [0.25, 0.3) is 21.9 Å². The van der Waals surface area contributed by atoms with Crippen LogP contribution in [-0.4, -0.2) is 0 Å². The topological polar surface area (TPSA) is 0 Å². The molecule has 0 atom stereocenters. The van der Waals surface area contributed by atoms with Gasteiger partial charge in [0.25, 0.3) is 0 Å². The van der Waals surface area contributed by atoms with Gasteiger partial charge in [0.2, 0.25) is 0 Å². The number of benzene rings is 5. The SMILES string of the molecule is Cc1ccc2c(c1)C(c1ccc(C(C)(C)C)cc1)(c1ccc(C(C)(C)C)cc1)c1cc(C)c3ccccc3c1-2. The van der Waals surface area contributed by atoms with Gasteiger partial charge in [0.1, 0.15) is 0 Å². The summed E-state index contributed by atoms with van der Waals surface area (Å²) in [6.45, 7) is 18.3. The van der Waals surface area contributed by atoms with Gasteiger partial charge in [-0.05, 0) is 85.5 Å². The van der Waals surface area contributed by atoms with Crippen molar-refractivity contribution < 1.29 is 0 Å². The second kappa shape index (κ2) is 8.68. The fourth-order valence-corrected chi connectivity index (χ4v) is 6.70. The lowest BCUT2D eigenvalue weighted by molar-refractivity contribution is 0.588. The van der Waals surface area contributed by atoms with Crippen LogP contribution < -0.4 is 0 Å². The van der Waals surface area contributed by atoms with Gasteiger partial charge in [-0.25, -0.2) is 0 Å². The van der Waals surface area contributed by atoms with Crippen molar-refractivity contribution in [2.75, 3.05) is 0 Å². The molecule has 0 nitrogen and oxygen atoms in total. The molecule has 0 aromatic heterocycles. The molecule has 1 aliphatic carbocycles. The van der Waals surface area contributed by atoms with Crippen LogP contribution in [0.4, 0.5) is 0 Å². The van der Waals surface area contributed by atoms with Gasteiger partial charge in [0, 0.05) is 0 Å². The van der Waals surface area contributed by atoms with Crippen LogP contribution in [0.1, 0.15) is 86.1 Å². The average Bonchev–Trinajstić information content (AvgIpc) is 3.18. The quantitative estimate of drug-likeness (QED) is 0.218. The Morgan fingerprint density at radius 3 is 1.54 bits per heavy atom. The summed E-state index contributed by atoms with van der Waals surface area (Å²) in [6.07, 6.45) is 0. The zero-order valence-corrected chi connectivity index (χ0v) is 24.7. The normalized spacial score (nSPS) is 14.4. The summed E-state index contributed by atoms with van der Waals surface area (Å²) in [4.78, 5) is 0. The Morgan fingerprint density at radius 2 is 1.03 bits per heavy atom. The molecular weight excluding hydrogens is 468 g/mol. The maximum atomic E-state index is 2.47. The summed E-state index contributed by atoms with van der Waals surface area (Å²) in [5, 5.41) is 2.68. The molecule has 196 valence electrons. The first kappa shape index (κ1) is 25.6. The highest BCUT2D eigenvalue weighted by Gasteiger charge is 2.47. The van der Waals surface area contributed by atoms with Crippen molar-refractivity contribution in [3.8, 4) is 11.1 Å². The Morgan fingerprint density at radius 1 is 0.513 bits per heavy atom. The third-order valence-electron chi connectivity index (χ3n) is 8.87. The minimum atomic E-state index is -0.391. The molecule has 0 N–H and O–H groups in total. The molecule has 0 bridgehead atoms. The molecule has 0 unspecified atom stereocenters. The van der Waals surface area contributed by atoms with Crippen LogP contribution in [0.5, 0.6) is 0 Å². The monoisotopic (exact) mass is 508 g/mol. The molecule has 0 spiro atoms. The summed E-state index contributed by atoms with van der Waals surface area (Å²) < 4.78 is 0. The maximum absolute atomic E-state index is 2.47. The van der Waals surface area contributed by atoms with Gasteiger partial charge >= 0.3 is 0 Å². The zero-order chi connectivity index (χ0) is 27.7. The number of hydrogen-bond donors (Lipinski definition) is 0. The van der Waals surface area contributed by atoms with E-state index in [0.717, 1.165) is 0 Å². The molecule has 1 aliphatic rings. The van der Waals surface area contributed by atoms with Gasteiger partial charge in [-0.15, -0.1) is 0 Å². The van der Waals surface area contributed by atoms with Crippen LogP contribution in [0.15, 0.2) is 97.1 Å². The molecule has 0 fully saturated rings. The molecule has 0 aliphatic heterocycles. The van der Waals surface area contributed by atoms with Crippen molar-refractivity contribution in [3.63, 3.8) is 0 Å². The highest BCUT2D eigenvalue weighted by Crippen LogP contribution is 2.58. The molecule has 0 radical (unpaired) electrons. The molecule has 0 heteroatoms. The van der Waals surface area contributed by atoms with Gasteiger partial charge in [-0.2, -0.15) is 0 Å². The first-order valence-corrected chi connectivity index (χ1v) is 14.3. The molecule has 0 saturated heterocycles. The second-order valence-electron chi connectivity index (χ2n) is 13.6. The Kier molecular flexibility index (Phi) is 5.71. The number of hydrogen-bond acceptors (Lipinski definition) is 0. The minimum Gasteiger partial charge on any atom is -0.0616 e. The number of aryl methyl sites for hydroxylation is 2. The van der Waals surface area contributed by atoms with Gasteiger partial charge in [0.15, 0.2) is 0 Å². The van der Waals surface area contributed by atoms with E-state index in [2.05, 4.69) is 152 Å². The highest BCUT2D eigenvalue weighted by atomic mass is 14.5. The largest absolute Gasteiger partial charge is 0.0713 e. The van der Waals surface area contributed by atoms with Gasteiger partial charge in [0.05, 0.1) is 5.41 Å². The maximum Gasteiger partial charge on any atom is 0.0713 e. The summed E-state index contributed by atoms with van der Waals surface area (Å²) in [7, 11) is 0. The Balaban J connectivity index is 1.77. The fraction of sp³-hybridized carbons (Fsp3) is 0.282. The third-order valence-corrected chi connectivity index (χ3v) is 8.87. The summed E-state index contributed by atoms with van der Waals surface area (Å²) >= 11 is 0. The summed E-state index contributed by atoms with van der Waals surface area (Å²) in [5.41, 5.74) is 13.4. The van der Waals surface area contributed by atoms with Crippen LogP contribution in [-0.2, 0) is 16.2 Å². The summed E-state index contributed by atoms with van der Waals surface area (Å²) in [6, 6.07) is 37.5. The van der Waals surface area contributed by atoms with E-state index in [4.69, 9.17) is 0 Å². The van der Waals surface area contributed by atoms with Crippen molar-refractivity contribution in [2.45, 2.75) is 71.6 Å². The van der Waals surface area contributed by atoms with Crippen LogP contribution in [0.2, 0.25) is 0 Å². The molecule has 5 aromatic carbocycles. The lowest BCUT2D eigenvalue weighted by atomic mass is 9.66. The Hall–Kier alpha value is -3.64. The summed E-state index contributed by atoms with van der Waals surface area (Å²) in [5.74, 6) is 0. The van der Waals surface area contributed by atoms with Gasteiger partial charge in [-0.3, -0.25) is 0 Å². The molecule has 39 heavy (non-hydrogen) atoms. The first-order chi connectivity index (χ1) is 18.4. The molecule has 5 aromatic rings. The molecular formula is C39H40. The second-order valence-corrected chi connectivity index (χ2v) is 13.6. The lowest BCUT2D eigenvalue weighted by Gasteiger charge is -2.35. The smallest absolute Gasteiger partial charge is 0.0616 e. The standard InChI is InChI=1S/C39H40/c1-25-13-22-33-34(23-25)39(29-18-14-27(15-19-29)37(3,4)5,30-20-16-28(17-21-30)38(6,7)8)35-24-26(2)31-11-9-10-12-32(31)36(33)35/h9-24H,1-8H3. The van der Waals surface area contributed by atoms with E-state index in [1.807, 2.05) is 0 Å². The first-order valence-electron chi connectivity index (χ1n) is 14.3. The van der Waals surface area contributed by atoms with E-state index in [1.54, 1.807) is 0 Å². The number of fused-ring (bicyclic) bond motifs is 5. The minimum absolute atomic E-state index is 0.106. The fourth-order valence-electron chi connectivity index (χ4n) is 6.70. The van der Waals surface area contributed by atoms with Crippen molar-refractivity contribution in [1.82, 2.24) is 0 Å². The predicted octanol–water partition coefficient (Wildman–Crippen LogP) is 10.4. The van der Waals surface area contributed by atoms with Crippen LogP contribution in [0.3, 0.4) is 0 Å².